The fourth-order valence-electron chi connectivity index (χ4n) is 6.22. The molecular formula is C31H33N3O2S. The molecule has 190 valence electrons. The van der Waals surface area contributed by atoms with E-state index in [0.29, 0.717) is 29.4 Å². The van der Waals surface area contributed by atoms with Crippen molar-refractivity contribution in [2.24, 2.45) is 5.92 Å². The lowest BCUT2D eigenvalue weighted by Crippen LogP contribution is -2.38. The Morgan fingerprint density at radius 2 is 1.43 bits per heavy atom. The van der Waals surface area contributed by atoms with Crippen LogP contribution in [-0.2, 0) is 10.0 Å². The monoisotopic (exact) mass is 511 g/mol. The highest BCUT2D eigenvalue weighted by molar-refractivity contribution is 7.89. The summed E-state index contributed by atoms with van der Waals surface area (Å²) in [6.07, 6.45) is 3.97. The largest absolute Gasteiger partial charge is 0.303 e. The van der Waals surface area contributed by atoms with Crippen molar-refractivity contribution in [1.29, 1.82) is 0 Å². The minimum Gasteiger partial charge on any atom is -0.303 e. The molecule has 37 heavy (non-hydrogen) atoms. The number of hydrogen-bond acceptors (Lipinski definition) is 4. The molecule has 3 heterocycles. The summed E-state index contributed by atoms with van der Waals surface area (Å²) in [6, 6.07) is 30.5. The lowest BCUT2D eigenvalue weighted by atomic mass is 9.86. The second-order valence-corrected chi connectivity index (χ2v) is 12.3. The normalized spacial score (nSPS) is 21.9. The molecule has 1 aromatic heterocycles. The standard InChI is InChI=1S/C31H33N3O2S/c35-37(36,30-15-7-13-27-14-8-18-32-31(27)30)34-22-28(29(23-34)26-11-5-2-6-12-26)21-33-19-16-25(17-20-33)24-9-3-1-4-10-24/h1-15,18,25,28-29H,16-17,19-23H2/t28-,29+/m0/s1. The number of likely N-dealkylation sites (tertiary alicyclic amines) is 1. The number of pyridine rings is 1. The molecule has 5 nitrogen and oxygen atoms in total. The Morgan fingerprint density at radius 1 is 0.757 bits per heavy atom. The molecule has 0 amide bonds. The summed E-state index contributed by atoms with van der Waals surface area (Å²) < 4.78 is 29.6. The summed E-state index contributed by atoms with van der Waals surface area (Å²) in [6.45, 7) is 4.06. The van der Waals surface area contributed by atoms with Crippen LogP contribution in [0.2, 0.25) is 0 Å². The molecule has 2 fully saturated rings. The van der Waals surface area contributed by atoms with Gasteiger partial charge in [0.05, 0.1) is 5.52 Å². The van der Waals surface area contributed by atoms with Crippen LogP contribution in [0.4, 0.5) is 0 Å². The summed E-state index contributed by atoms with van der Waals surface area (Å²) in [7, 11) is -3.67. The third-order valence-corrected chi connectivity index (χ3v) is 10.1. The van der Waals surface area contributed by atoms with Crippen molar-refractivity contribution in [3.63, 3.8) is 0 Å². The lowest BCUT2D eigenvalue weighted by molar-refractivity contribution is 0.180. The van der Waals surface area contributed by atoms with Crippen molar-refractivity contribution in [1.82, 2.24) is 14.2 Å². The van der Waals surface area contributed by atoms with Gasteiger partial charge in [-0.25, -0.2) is 8.42 Å². The number of benzene rings is 3. The average molecular weight is 512 g/mol. The molecule has 0 spiro atoms. The number of hydrogen-bond donors (Lipinski definition) is 0. The van der Waals surface area contributed by atoms with Gasteiger partial charge in [0.15, 0.2) is 0 Å². The Morgan fingerprint density at radius 3 is 2.16 bits per heavy atom. The number of aromatic nitrogens is 1. The quantitative estimate of drug-likeness (QED) is 0.342. The predicted molar refractivity (Wildman–Crippen MR) is 148 cm³/mol. The van der Waals surface area contributed by atoms with Crippen LogP contribution in [0.1, 0.15) is 35.8 Å². The van der Waals surface area contributed by atoms with Crippen molar-refractivity contribution < 1.29 is 8.42 Å². The molecule has 2 atom stereocenters. The minimum atomic E-state index is -3.67. The number of nitrogens with zero attached hydrogens (tertiary/aromatic N) is 3. The van der Waals surface area contributed by atoms with E-state index in [2.05, 4.69) is 64.5 Å². The van der Waals surface area contributed by atoms with Crippen LogP contribution in [0.5, 0.6) is 0 Å². The van der Waals surface area contributed by atoms with Crippen molar-refractivity contribution in [2.45, 2.75) is 29.6 Å². The van der Waals surface area contributed by atoms with Crippen molar-refractivity contribution in [3.8, 4) is 0 Å². The summed E-state index contributed by atoms with van der Waals surface area (Å²) in [5, 5.41) is 0.847. The molecule has 0 N–H and O–H groups in total. The summed E-state index contributed by atoms with van der Waals surface area (Å²) in [5.41, 5.74) is 3.21. The minimum absolute atomic E-state index is 0.172. The van der Waals surface area contributed by atoms with Gasteiger partial charge in [-0.05, 0) is 61.0 Å². The van der Waals surface area contributed by atoms with Gasteiger partial charge in [0.1, 0.15) is 4.90 Å². The van der Waals surface area contributed by atoms with Crippen molar-refractivity contribution >= 4 is 20.9 Å². The number of piperidine rings is 1. The Balaban J connectivity index is 1.23. The number of fused-ring (bicyclic) bond motifs is 1. The summed E-state index contributed by atoms with van der Waals surface area (Å²) >= 11 is 0. The highest BCUT2D eigenvalue weighted by Gasteiger charge is 2.41. The van der Waals surface area contributed by atoms with E-state index in [1.54, 1.807) is 16.6 Å². The van der Waals surface area contributed by atoms with E-state index in [9.17, 15) is 8.42 Å². The van der Waals surface area contributed by atoms with Gasteiger partial charge in [-0.1, -0.05) is 78.9 Å². The van der Waals surface area contributed by atoms with Gasteiger partial charge in [-0.2, -0.15) is 4.31 Å². The molecule has 4 aromatic rings. The first-order chi connectivity index (χ1) is 18.1. The molecule has 3 aromatic carbocycles. The molecule has 6 heteroatoms. The molecule has 0 saturated carbocycles. The van der Waals surface area contributed by atoms with E-state index < -0.39 is 10.0 Å². The van der Waals surface area contributed by atoms with Crippen LogP contribution in [0, 0.1) is 5.92 Å². The zero-order chi connectivity index (χ0) is 25.2. The fraction of sp³-hybridized carbons (Fsp3) is 0.323. The molecule has 0 radical (unpaired) electrons. The second kappa shape index (κ2) is 10.4. The number of sulfonamides is 1. The Kier molecular flexibility index (Phi) is 6.80. The lowest BCUT2D eigenvalue weighted by Gasteiger charge is -2.35. The molecule has 0 aliphatic carbocycles. The predicted octanol–water partition coefficient (Wildman–Crippen LogP) is 5.52. The average Bonchev–Trinajstić information content (AvgIpc) is 3.39. The molecule has 0 unspecified atom stereocenters. The molecule has 2 saturated heterocycles. The zero-order valence-corrected chi connectivity index (χ0v) is 21.8. The van der Waals surface area contributed by atoms with Crippen molar-refractivity contribution in [2.75, 3.05) is 32.7 Å². The Hall–Kier alpha value is -3.06. The Bertz CT molecular complexity index is 1450. The van der Waals surface area contributed by atoms with Gasteiger partial charge in [-0.15, -0.1) is 0 Å². The van der Waals surface area contributed by atoms with Crippen LogP contribution in [0.3, 0.4) is 0 Å². The Labute approximate surface area is 219 Å². The molecule has 2 aliphatic rings. The zero-order valence-electron chi connectivity index (χ0n) is 21.0. The van der Waals surface area contributed by atoms with Gasteiger partial charge >= 0.3 is 0 Å². The van der Waals surface area contributed by atoms with Crippen molar-refractivity contribution in [3.05, 3.63) is 108 Å². The number of rotatable bonds is 6. The third-order valence-electron chi connectivity index (χ3n) is 8.20. The first kappa shape index (κ1) is 24.3. The van der Waals surface area contributed by atoms with Crippen LogP contribution in [0.25, 0.3) is 10.9 Å². The van der Waals surface area contributed by atoms with Gasteiger partial charge in [0.25, 0.3) is 0 Å². The highest BCUT2D eigenvalue weighted by atomic mass is 32.2. The molecule has 6 rings (SSSR count). The van der Waals surface area contributed by atoms with Gasteiger partial charge < -0.3 is 4.90 Å². The van der Waals surface area contributed by atoms with Gasteiger partial charge in [0.2, 0.25) is 10.0 Å². The smallest absolute Gasteiger partial charge is 0.245 e. The maximum Gasteiger partial charge on any atom is 0.245 e. The second-order valence-electron chi connectivity index (χ2n) is 10.4. The maximum atomic E-state index is 13.9. The molecular weight excluding hydrogens is 478 g/mol. The third kappa shape index (κ3) is 4.93. The van der Waals surface area contributed by atoms with E-state index >= 15 is 0 Å². The summed E-state index contributed by atoms with van der Waals surface area (Å²) in [5.74, 6) is 1.03. The van der Waals surface area contributed by atoms with E-state index in [1.165, 1.54) is 11.1 Å². The molecule has 2 aliphatic heterocycles. The number of para-hydroxylation sites is 1. The van der Waals surface area contributed by atoms with E-state index in [-0.39, 0.29) is 11.8 Å². The van der Waals surface area contributed by atoms with Crippen LogP contribution >= 0.6 is 0 Å². The van der Waals surface area contributed by atoms with E-state index in [4.69, 9.17) is 0 Å². The first-order valence-electron chi connectivity index (χ1n) is 13.3. The molecule has 0 bridgehead atoms. The highest BCUT2D eigenvalue weighted by Crippen LogP contribution is 2.38. The fourth-order valence-corrected chi connectivity index (χ4v) is 7.91. The van der Waals surface area contributed by atoms with E-state index in [1.807, 2.05) is 30.3 Å². The maximum absolute atomic E-state index is 13.9. The summed E-state index contributed by atoms with van der Waals surface area (Å²) in [4.78, 5) is 7.29. The van der Waals surface area contributed by atoms with Gasteiger partial charge in [-0.3, -0.25) is 4.98 Å². The SMILES string of the molecule is O=S(=O)(c1cccc2cccnc12)N1C[C@H](CN2CCC(c3ccccc3)CC2)[C@@H](c2ccccc2)C1. The van der Waals surface area contributed by atoms with E-state index in [0.717, 1.165) is 37.9 Å². The first-order valence-corrected chi connectivity index (χ1v) is 14.7. The van der Waals surface area contributed by atoms with Crippen LogP contribution < -0.4 is 0 Å². The topological polar surface area (TPSA) is 53.5 Å². The van der Waals surface area contributed by atoms with Crippen LogP contribution in [-0.4, -0.2) is 55.3 Å². The van der Waals surface area contributed by atoms with Gasteiger partial charge in [0, 0.05) is 37.1 Å². The van der Waals surface area contributed by atoms with Crippen LogP contribution in [0.15, 0.2) is 102 Å².